The van der Waals surface area contributed by atoms with Crippen LogP contribution in [0.15, 0.2) is 72.8 Å². The van der Waals surface area contributed by atoms with Gasteiger partial charge in [-0.2, -0.15) is 0 Å². The van der Waals surface area contributed by atoms with E-state index in [-0.39, 0.29) is 24.7 Å². The van der Waals surface area contributed by atoms with E-state index in [0.717, 1.165) is 12.8 Å². The largest absolute Gasteiger partial charge is 0.347 e. The Morgan fingerprint density at radius 2 is 1.50 bits per heavy atom. The standard InChI is InChI=1S/C33H40F2N4O3/c1-4-16-39(17-5-2)33(42)25-10-7-9-24(21-25)32(41)38-30(20-23-8-6-11-27(35)19-23)29(36)18-22(3)31(40)37-28-14-12-26(34)13-15-28/h6-15,19,21-22,29-30H,4-5,16-18,20,36H2,1-3H3,(H,37,40)(H,38,41)/t22-,29+,30+/m1/s1. The van der Waals surface area contributed by atoms with Crippen molar-refractivity contribution in [3.8, 4) is 0 Å². The third-order valence-corrected chi connectivity index (χ3v) is 7.01. The van der Waals surface area contributed by atoms with E-state index in [2.05, 4.69) is 10.6 Å². The zero-order valence-corrected chi connectivity index (χ0v) is 24.4. The van der Waals surface area contributed by atoms with Crippen LogP contribution in [0.1, 0.15) is 66.3 Å². The third-order valence-electron chi connectivity index (χ3n) is 7.01. The minimum absolute atomic E-state index is 0.137. The number of nitrogens with one attached hydrogen (secondary N) is 2. The number of halogens is 2. The fourth-order valence-electron chi connectivity index (χ4n) is 4.79. The maximum atomic E-state index is 14.0. The van der Waals surface area contributed by atoms with Gasteiger partial charge in [0.15, 0.2) is 0 Å². The Morgan fingerprint density at radius 1 is 0.857 bits per heavy atom. The van der Waals surface area contributed by atoms with Crippen LogP contribution < -0.4 is 16.4 Å². The molecule has 0 spiro atoms. The Kier molecular flexibility index (Phi) is 12.2. The molecule has 42 heavy (non-hydrogen) atoms. The van der Waals surface area contributed by atoms with E-state index in [1.54, 1.807) is 48.2 Å². The number of hydrogen-bond donors (Lipinski definition) is 3. The van der Waals surface area contributed by atoms with Crippen LogP contribution in [-0.4, -0.2) is 47.8 Å². The lowest BCUT2D eigenvalue weighted by molar-refractivity contribution is -0.119. The Bertz CT molecular complexity index is 1340. The molecule has 224 valence electrons. The highest BCUT2D eigenvalue weighted by Crippen LogP contribution is 2.17. The van der Waals surface area contributed by atoms with Crippen molar-refractivity contribution in [2.75, 3.05) is 18.4 Å². The maximum absolute atomic E-state index is 14.0. The fraction of sp³-hybridized carbons (Fsp3) is 0.364. The lowest BCUT2D eigenvalue weighted by Gasteiger charge is -2.27. The number of nitrogens with zero attached hydrogens (tertiary/aromatic N) is 1. The molecule has 4 N–H and O–H groups in total. The van der Waals surface area contributed by atoms with Crippen molar-refractivity contribution < 1.29 is 23.2 Å². The molecule has 0 aliphatic carbocycles. The smallest absolute Gasteiger partial charge is 0.253 e. The maximum Gasteiger partial charge on any atom is 0.253 e. The first-order valence-corrected chi connectivity index (χ1v) is 14.4. The molecule has 0 heterocycles. The fourth-order valence-corrected chi connectivity index (χ4v) is 4.79. The number of carbonyl (C=O) groups is 3. The van der Waals surface area contributed by atoms with Gasteiger partial charge in [-0.25, -0.2) is 8.78 Å². The molecule has 9 heteroatoms. The summed E-state index contributed by atoms with van der Waals surface area (Å²) in [5.74, 6) is -2.23. The number of amides is 3. The van der Waals surface area contributed by atoms with Gasteiger partial charge >= 0.3 is 0 Å². The first-order valence-electron chi connectivity index (χ1n) is 14.4. The van der Waals surface area contributed by atoms with Gasteiger partial charge in [-0.1, -0.05) is 39.0 Å². The number of anilines is 1. The average molecular weight is 579 g/mol. The van der Waals surface area contributed by atoms with E-state index < -0.39 is 35.5 Å². The molecule has 0 unspecified atom stereocenters. The molecule has 0 aromatic heterocycles. The monoisotopic (exact) mass is 578 g/mol. The summed E-state index contributed by atoms with van der Waals surface area (Å²) in [5.41, 5.74) is 8.38. The molecule has 3 aromatic carbocycles. The van der Waals surface area contributed by atoms with Crippen LogP contribution in [0.4, 0.5) is 14.5 Å². The van der Waals surface area contributed by atoms with Gasteiger partial charge in [0.05, 0.1) is 0 Å². The van der Waals surface area contributed by atoms with E-state index in [0.29, 0.717) is 35.5 Å². The van der Waals surface area contributed by atoms with Crippen molar-refractivity contribution in [3.63, 3.8) is 0 Å². The van der Waals surface area contributed by atoms with Crippen LogP contribution in [0.5, 0.6) is 0 Å². The SMILES string of the molecule is CCCN(CCC)C(=O)c1cccc(C(=O)N[C@@H](Cc2cccc(F)c2)[C@@H](N)C[C@@H](C)C(=O)Nc2ccc(F)cc2)c1. The van der Waals surface area contributed by atoms with E-state index in [1.165, 1.54) is 36.4 Å². The normalized spacial score (nSPS) is 13.1. The second-order valence-electron chi connectivity index (χ2n) is 10.6. The van der Waals surface area contributed by atoms with Crippen LogP contribution in [-0.2, 0) is 11.2 Å². The Hall–Kier alpha value is -4.11. The predicted molar refractivity (Wildman–Crippen MR) is 161 cm³/mol. The minimum atomic E-state index is -0.666. The minimum Gasteiger partial charge on any atom is -0.347 e. The Morgan fingerprint density at radius 3 is 2.14 bits per heavy atom. The molecule has 3 atom stereocenters. The Labute approximate surface area is 246 Å². The predicted octanol–water partition coefficient (Wildman–Crippen LogP) is 5.56. The van der Waals surface area contributed by atoms with Crippen molar-refractivity contribution in [2.45, 2.75) is 58.5 Å². The molecule has 0 bridgehead atoms. The molecule has 7 nitrogen and oxygen atoms in total. The number of carbonyl (C=O) groups excluding carboxylic acids is 3. The van der Waals surface area contributed by atoms with Crippen LogP contribution in [0.2, 0.25) is 0 Å². The first kappa shape index (κ1) is 32.4. The molecule has 0 saturated heterocycles. The number of hydrogen-bond acceptors (Lipinski definition) is 4. The highest BCUT2D eigenvalue weighted by Gasteiger charge is 2.26. The third kappa shape index (κ3) is 9.48. The zero-order valence-electron chi connectivity index (χ0n) is 24.4. The molecule has 3 amide bonds. The second-order valence-corrected chi connectivity index (χ2v) is 10.6. The van der Waals surface area contributed by atoms with Gasteiger partial charge in [0.25, 0.3) is 11.8 Å². The summed E-state index contributed by atoms with van der Waals surface area (Å²) >= 11 is 0. The van der Waals surface area contributed by atoms with Crippen molar-refractivity contribution in [3.05, 3.63) is 101 Å². The summed E-state index contributed by atoms with van der Waals surface area (Å²) in [6.07, 6.45) is 2.10. The van der Waals surface area contributed by atoms with Gasteiger partial charge in [-0.05, 0) is 85.8 Å². The molecule has 0 fully saturated rings. The molecule has 0 aliphatic heterocycles. The van der Waals surface area contributed by atoms with Crippen LogP contribution in [0.25, 0.3) is 0 Å². The highest BCUT2D eigenvalue weighted by molar-refractivity contribution is 5.99. The van der Waals surface area contributed by atoms with Gasteiger partial charge in [0.1, 0.15) is 11.6 Å². The topological polar surface area (TPSA) is 105 Å². The number of benzene rings is 3. The lowest BCUT2D eigenvalue weighted by atomic mass is 9.91. The molecule has 0 aliphatic rings. The van der Waals surface area contributed by atoms with Crippen LogP contribution >= 0.6 is 0 Å². The molecular formula is C33H40F2N4O3. The van der Waals surface area contributed by atoms with Gasteiger partial charge < -0.3 is 21.3 Å². The molecule has 3 rings (SSSR count). The lowest BCUT2D eigenvalue weighted by Crippen LogP contribution is -2.50. The van der Waals surface area contributed by atoms with Gasteiger partial charge in [-0.15, -0.1) is 0 Å². The highest BCUT2D eigenvalue weighted by atomic mass is 19.1. The number of rotatable bonds is 14. The van der Waals surface area contributed by atoms with Crippen molar-refractivity contribution in [1.82, 2.24) is 10.2 Å². The van der Waals surface area contributed by atoms with Crippen LogP contribution in [0, 0.1) is 17.6 Å². The molecular weight excluding hydrogens is 538 g/mol. The average Bonchev–Trinajstić information content (AvgIpc) is 2.97. The summed E-state index contributed by atoms with van der Waals surface area (Å²) in [4.78, 5) is 41.1. The first-order chi connectivity index (χ1) is 20.1. The van der Waals surface area contributed by atoms with E-state index in [1.807, 2.05) is 13.8 Å². The summed E-state index contributed by atoms with van der Waals surface area (Å²) in [6.45, 7) is 6.98. The summed E-state index contributed by atoms with van der Waals surface area (Å²) in [6, 6.07) is 16.7. The molecule has 0 saturated carbocycles. The second kappa shape index (κ2) is 15.8. The Balaban J connectivity index is 1.77. The number of nitrogens with two attached hydrogens (primary N) is 1. The van der Waals surface area contributed by atoms with Gasteiger partial charge in [-0.3, -0.25) is 14.4 Å². The van der Waals surface area contributed by atoms with Gasteiger partial charge in [0.2, 0.25) is 5.91 Å². The van der Waals surface area contributed by atoms with Gasteiger partial charge in [0, 0.05) is 47.9 Å². The zero-order chi connectivity index (χ0) is 30.6. The van der Waals surface area contributed by atoms with Crippen LogP contribution in [0.3, 0.4) is 0 Å². The van der Waals surface area contributed by atoms with E-state index >= 15 is 0 Å². The summed E-state index contributed by atoms with van der Waals surface area (Å²) in [7, 11) is 0. The quantitative estimate of drug-likeness (QED) is 0.233. The van der Waals surface area contributed by atoms with E-state index in [9.17, 15) is 23.2 Å². The summed E-state index contributed by atoms with van der Waals surface area (Å²) < 4.78 is 27.2. The van der Waals surface area contributed by atoms with E-state index in [4.69, 9.17) is 5.73 Å². The molecule has 0 radical (unpaired) electrons. The van der Waals surface area contributed by atoms with Crippen molar-refractivity contribution in [2.24, 2.45) is 11.7 Å². The van der Waals surface area contributed by atoms with Crippen molar-refractivity contribution in [1.29, 1.82) is 0 Å². The van der Waals surface area contributed by atoms with Crippen molar-refractivity contribution >= 4 is 23.4 Å². The molecule has 3 aromatic rings. The summed E-state index contributed by atoms with van der Waals surface area (Å²) in [5, 5.41) is 5.71.